The lowest BCUT2D eigenvalue weighted by molar-refractivity contribution is 0.234. The Hall–Kier alpha value is -1.73. The van der Waals surface area contributed by atoms with Gasteiger partial charge in [-0.15, -0.1) is 0 Å². The summed E-state index contributed by atoms with van der Waals surface area (Å²) in [5.74, 6) is 0. The van der Waals surface area contributed by atoms with Gasteiger partial charge in [0.1, 0.15) is 9.65 Å². The molecule has 1 N–H and O–H groups in total. The molecule has 2 aromatic carbocycles. The normalized spacial score (nSPS) is 10.9. The van der Waals surface area contributed by atoms with Crippen LogP contribution in [0.1, 0.15) is 0 Å². The molecular formula is C16H13Cl3N2O3S. The molecule has 0 aliphatic heterocycles. The number of carbonyl (C=O) groups is 1. The van der Waals surface area contributed by atoms with Crippen molar-refractivity contribution in [1.29, 1.82) is 0 Å². The van der Waals surface area contributed by atoms with Crippen molar-refractivity contribution >= 4 is 56.4 Å². The zero-order chi connectivity index (χ0) is 18.6. The van der Waals surface area contributed by atoms with Gasteiger partial charge < -0.3 is 5.32 Å². The summed E-state index contributed by atoms with van der Waals surface area (Å²) in [4.78, 5) is 13.4. The molecule has 0 saturated carbocycles. The van der Waals surface area contributed by atoms with E-state index in [1.807, 2.05) is 0 Å². The lowest BCUT2D eigenvalue weighted by Crippen LogP contribution is -2.29. The average molecular weight is 420 g/mol. The highest BCUT2D eigenvalue weighted by Gasteiger charge is 2.18. The third-order valence-corrected chi connectivity index (χ3v) is 6.00. The molecule has 5 nitrogen and oxygen atoms in total. The fraction of sp³-hybridized carbons (Fsp3) is 0.0625. The van der Waals surface area contributed by atoms with Crippen molar-refractivity contribution in [3.05, 3.63) is 64.2 Å². The fourth-order valence-electron chi connectivity index (χ4n) is 1.88. The molecule has 0 unspecified atom stereocenters. The number of amides is 2. The second-order valence-electron chi connectivity index (χ2n) is 4.88. The van der Waals surface area contributed by atoms with E-state index in [0.29, 0.717) is 5.69 Å². The standard InChI is InChI=1S/C16H13Cl3N2O3S/c1-21(15(19)14(17)18)16(22)20-11-7-9-13(10-8-11)25(23,24)12-5-3-2-4-6-12/h2-10H,1H3,(H,20,22). The number of carbonyl (C=O) groups excluding carboxylic acids is 1. The predicted octanol–water partition coefficient (Wildman–Crippen LogP) is 4.83. The molecule has 0 heterocycles. The third-order valence-electron chi connectivity index (χ3n) is 3.22. The predicted molar refractivity (Wildman–Crippen MR) is 99.7 cm³/mol. The number of sulfone groups is 1. The van der Waals surface area contributed by atoms with E-state index >= 15 is 0 Å². The molecule has 0 fully saturated rings. The van der Waals surface area contributed by atoms with E-state index in [0.717, 1.165) is 4.90 Å². The van der Waals surface area contributed by atoms with Gasteiger partial charge in [0.25, 0.3) is 0 Å². The maximum absolute atomic E-state index is 12.5. The first-order chi connectivity index (χ1) is 11.7. The van der Waals surface area contributed by atoms with Crippen LogP contribution in [-0.4, -0.2) is 26.4 Å². The van der Waals surface area contributed by atoms with E-state index < -0.39 is 15.9 Å². The number of urea groups is 1. The zero-order valence-corrected chi connectivity index (χ0v) is 16.0. The van der Waals surface area contributed by atoms with Crippen LogP contribution in [0.2, 0.25) is 0 Å². The van der Waals surface area contributed by atoms with E-state index in [2.05, 4.69) is 5.32 Å². The Labute approximate surface area is 160 Å². The van der Waals surface area contributed by atoms with Crippen molar-refractivity contribution in [1.82, 2.24) is 4.90 Å². The van der Waals surface area contributed by atoms with Crippen molar-refractivity contribution < 1.29 is 13.2 Å². The summed E-state index contributed by atoms with van der Waals surface area (Å²) in [6, 6.07) is 13.3. The Morgan fingerprint density at radius 1 is 0.920 bits per heavy atom. The molecule has 9 heteroatoms. The SMILES string of the molecule is CN(C(=O)Nc1ccc(S(=O)(=O)c2ccccc2)cc1)C(Cl)=C(Cl)Cl. The first kappa shape index (κ1) is 19.6. The van der Waals surface area contributed by atoms with Gasteiger partial charge in [0, 0.05) is 12.7 Å². The summed E-state index contributed by atoms with van der Waals surface area (Å²) < 4.78 is 24.7. The number of halogens is 3. The monoisotopic (exact) mass is 418 g/mol. The highest BCUT2D eigenvalue weighted by molar-refractivity contribution is 7.91. The molecule has 0 aromatic heterocycles. The molecular weight excluding hydrogens is 407 g/mol. The van der Waals surface area contributed by atoms with Crippen LogP contribution >= 0.6 is 34.8 Å². The molecule has 0 aliphatic carbocycles. The van der Waals surface area contributed by atoms with Gasteiger partial charge in [-0.3, -0.25) is 4.90 Å². The molecule has 0 radical (unpaired) electrons. The van der Waals surface area contributed by atoms with E-state index in [-0.39, 0.29) is 19.4 Å². The van der Waals surface area contributed by atoms with E-state index in [1.165, 1.54) is 43.4 Å². The minimum atomic E-state index is -3.61. The van der Waals surface area contributed by atoms with Crippen molar-refractivity contribution in [2.75, 3.05) is 12.4 Å². The van der Waals surface area contributed by atoms with Crippen LogP contribution < -0.4 is 5.32 Å². The topological polar surface area (TPSA) is 66.5 Å². The Kier molecular flexibility index (Phi) is 6.35. The summed E-state index contributed by atoms with van der Waals surface area (Å²) >= 11 is 16.8. The molecule has 2 aromatic rings. The Bertz CT molecular complexity index is 894. The second-order valence-corrected chi connectivity index (χ2v) is 8.14. The van der Waals surface area contributed by atoms with Gasteiger partial charge in [-0.1, -0.05) is 53.0 Å². The van der Waals surface area contributed by atoms with Crippen molar-refractivity contribution in [2.45, 2.75) is 9.79 Å². The summed E-state index contributed by atoms with van der Waals surface area (Å²) in [6.07, 6.45) is 0. The van der Waals surface area contributed by atoms with Gasteiger partial charge in [0.05, 0.1) is 9.79 Å². The summed E-state index contributed by atoms with van der Waals surface area (Å²) in [5, 5.41) is 2.42. The fourth-order valence-corrected chi connectivity index (χ4v) is 3.49. The van der Waals surface area contributed by atoms with Crippen LogP contribution in [0.5, 0.6) is 0 Å². The highest BCUT2D eigenvalue weighted by atomic mass is 35.5. The maximum Gasteiger partial charge on any atom is 0.326 e. The maximum atomic E-state index is 12.5. The van der Waals surface area contributed by atoms with Crippen LogP contribution in [0.3, 0.4) is 0 Å². The molecule has 0 saturated heterocycles. The average Bonchev–Trinajstić information content (AvgIpc) is 2.61. The number of hydrogen-bond acceptors (Lipinski definition) is 3. The van der Waals surface area contributed by atoms with Crippen LogP contribution in [0, 0.1) is 0 Å². The molecule has 132 valence electrons. The second kappa shape index (κ2) is 8.10. The van der Waals surface area contributed by atoms with Crippen molar-refractivity contribution in [2.24, 2.45) is 0 Å². The van der Waals surface area contributed by atoms with Crippen LogP contribution in [-0.2, 0) is 9.84 Å². The Balaban J connectivity index is 2.18. The molecule has 2 rings (SSSR count). The smallest absolute Gasteiger partial charge is 0.308 e. The summed E-state index contributed by atoms with van der Waals surface area (Å²) in [5.41, 5.74) is 0.388. The van der Waals surface area contributed by atoms with Gasteiger partial charge in [0.15, 0.2) is 0 Å². The molecule has 0 aliphatic rings. The number of nitrogens with zero attached hydrogens (tertiary/aromatic N) is 1. The molecule has 25 heavy (non-hydrogen) atoms. The molecule has 2 amide bonds. The largest absolute Gasteiger partial charge is 0.326 e. The lowest BCUT2D eigenvalue weighted by Gasteiger charge is -2.17. The van der Waals surface area contributed by atoms with Gasteiger partial charge in [-0.05, 0) is 36.4 Å². The van der Waals surface area contributed by atoms with Crippen LogP contribution in [0.4, 0.5) is 10.5 Å². The van der Waals surface area contributed by atoms with Gasteiger partial charge in [0.2, 0.25) is 9.84 Å². The number of nitrogens with one attached hydrogen (secondary N) is 1. The molecule has 0 atom stereocenters. The minimum Gasteiger partial charge on any atom is -0.308 e. The lowest BCUT2D eigenvalue weighted by atomic mass is 10.3. The summed E-state index contributed by atoms with van der Waals surface area (Å²) in [6.45, 7) is 0. The minimum absolute atomic E-state index is 0.117. The summed E-state index contributed by atoms with van der Waals surface area (Å²) in [7, 11) is -2.23. The van der Waals surface area contributed by atoms with Crippen LogP contribution in [0.15, 0.2) is 74.0 Å². The Morgan fingerprint density at radius 3 is 1.96 bits per heavy atom. The molecule has 0 bridgehead atoms. The van der Waals surface area contributed by atoms with Gasteiger partial charge >= 0.3 is 6.03 Å². The third kappa shape index (κ3) is 4.67. The first-order valence-corrected chi connectivity index (χ1v) is 9.51. The number of benzene rings is 2. The van der Waals surface area contributed by atoms with E-state index in [9.17, 15) is 13.2 Å². The number of anilines is 1. The number of hydrogen-bond donors (Lipinski definition) is 1. The van der Waals surface area contributed by atoms with Crippen molar-refractivity contribution in [3.8, 4) is 0 Å². The number of rotatable bonds is 4. The molecule has 0 spiro atoms. The van der Waals surface area contributed by atoms with Gasteiger partial charge in [-0.25, -0.2) is 13.2 Å². The van der Waals surface area contributed by atoms with Gasteiger partial charge in [-0.2, -0.15) is 0 Å². The quantitative estimate of drug-likeness (QED) is 0.722. The van der Waals surface area contributed by atoms with Crippen molar-refractivity contribution in [3.63, 3.8) is 0 Å². The van der Waals surface area contributed by atoms with E-state index in [1.54, 1.807) is 18.2 Å². The van der Waals surface area contributed by atoms with E-state index in [4.69, 9.17) is 34.8 Å². The Morgan fingerprint density at radius 2 is 1.44 bits per heavy atom. The van der Waals surface area contributed by atoms with Crippen LogP contribution in [0.25, 0.3) is 0 Å². The first-order valence-electron chi connectivity index (χ1n) is 6.89. The zero-order valence-electron chi connectivity index (χ0n) is 12.9. The highest BCUT2D eigenvalue weighted by Crippen LogP contribution is 2.23.